The quantitative estimate of drug-likeness (QED) is 0.874. The number of anilines is 2. The van der Waals surface area contributed by atoms with E-state index in [-0.39, 0.29) is 11.9 Å². The summed E-state index contributed by atoms with van der Waals surface area (Å²) in [4.78, 5) is 23.4. The lowest BCUT2D eigenvalue weighted by molar-refractivity contribution is 0.0987. The van der Waals surface area contributed by atoms with E-state index in [4.69, 9.17) is 4.74 Å². The zero-order valence-corrected chi connectivity index (χ0v) is 15.0. The van der Waals surface area contributed by atoms with Gasteiger partial charge in [0.2, 0.25) is 5.95 Å². The van der Waals surface area contributed by atoms with Crippen LogP contribution in [0.4, 0.5) is 11.8 Å². The molecule has 3 rings (SSSR count). The molecule has 1 amide bonds. The molecule has 0 saturated heterocycles. The van der Waals surface area contributed by atoms with E-state index in [1.165, 1.54) is 0 Å². The molecule has 0 saturated carbocycles. The standard InChI is InChI=1S/C19H24N4O2/c1-4-13(3)21-19-20-10-8-17(22-19)23(5-2)18(24)15-6-7-16-14(12-15)9-11-25-16/h6-8,10,12-13H,4-5,9,11H2,1-3H3,(H,20,21,22). The molecule has 132 valence electrons. The highest BCUT2D eigenvalue weighted by molar-refractivity contribution is 6.05. The number of nitrogens with zero attached hydrogens (tertiary/aromatic N) is 3. The van der Waals surface area contributed by atoms with Gasteiger partial charge in [-0.05, 0) is 50.1 Å². The predicted octanol–water partition coefficient (Wildman–Crippen LogP) is 3.29. The van der Waals surface area contributed by atoms with Crippen LogP contribution >= 0.6 is 0 Å². The van der Waals surface area contributed by atoms with Crippen molar-refractivity contribution in [3.8, 4) is 5.75 Å². The second kappa shape index (κ2) is 7.51. The number of fused-ring (bicyclic) bond motifs is 1. The molecule has 6 nitrogen and oxygen atoms in total. The van der Waals surface area contributed by atoms with Gasteiger partial charge >= 0.3 is 0 Å². The lowest BCUT2D eigenvalue weighted by Crippen LogP contribution is -2.31. The molecule has 2 heterocycles. The SMILES string of the molecule is CCC(C)Nc1nccc(N(CC)C(=O)c2ccc3c(c2)CCO3)n1. The Hall–Kier alpha value is -2.63. The second-order valence-corrected chi connectivity index (χ2v) is 6.16. The topological polar surface area (TPSA) is 67.4 Å². The molecule has 1 aliphatic heterocycles. The number of rotatable bonds is 6. The van der Waals surface area contributed by atoms with Gasteiger partial charge in [0, 0.05) is 30.8 Å². The van der Waals surface area contributed by atoms with Crippen molar-refractivity contribution in [1.29, 1.82) is 0 Å². The monoisotopic (exact) mass is 340 g/mol. The van der Waals surface area contributed by atoms with Crippen LogP contribution in [-0.2, 0) is 6.42 Å². The van der Waals surface area contributed by atoms with E-state index >= 15 is 0 Å². The number of nitrogens with one attached hydrogen (secondary N) is 1. The maximum Gasteiger partial charge on any atom is 0.259 e. The Morgan fingerprint density at radius 1 is 1.36 bits per heavy atom. The molecule has 1 atom stereocenters. The minimum Gasteiger partial charge on any atom is -0.493 e. The molecule has 0 bridgehead atoms. The molecule has 0 fully saturated rings. The van der Waals surface area contributed by atoms with Gasteiger partial charge in [0.05, 0.1) is 6.61 Å². The van der Waals surface area contributed by atoms with Gasteiger partial charge in [0.25, 0.3) is 5.91 Å². The minimum atomic E-state index is -0.0645. The second-order valence-electron chi connectivity index (χ2n) is 6.16. The van der Waals surface area contributed by atoms with Gasteiger partial charge in [-0.2, -0.15) is 4.98 Å². The Labute approximate surface area is 148 Å². The molecule has 1 unspecified atom stereocenters. The highest BCUT2D eigenvalue weighted by atomic mass is 16.5. The zero-order chi connectivity index (χ0) is 17.8. The van der Waals surface area contributed by atoms with E-state index in [1.807, 2.05) is 25.1 Å². The van der Waals surface area contributed by atoms with Crippen molar-refractivity contribution in [2.24, 2.45) is 0 Å². The number of hydrogen-bond donors (Lipinski definition) is 1. The fourth-order valence-corrected chi connectivity index (χ4v) is 2.78. The molecule has 0 radical (unpaired) electrons. The van der Waals surface area contributed by atoms with Crippen LogP contribution in [0.15, 0.2) is 30.5 Å². The summed E-state index contributed by atoms with van der Waals surface area (Å²) in [5, 5.41) is 3.25. The third kappa shape index (κ3) is 3.73. The summed E-state index contributed by atoms with van der Waals surface area (Å²) < 4.78 is 5.51. The first-order valence-corrected chi connectivity index (χ1v) is 8.79. The zero-order valence-electron chi connectivity index (χ0n) is 15.0. The van der Waals surface area contributed by atoms with Gasteiger partial charge in [-0.15, -0.1) is 0 Å². The fraction of sp³-hybridized carbons (Fsp3) is 0.421. The molecule has 0 spiro atoms. The van der Waals surface area contributed by atoms with Gasteiger partial charge in [0.1, 0.15) is 11.6 Å². The maximum absolute atomic E-state index is 13.0. The highest BCUT2D eigenvalue weighted by Crippen LogP contribution is 2.27. The van der Waals surface area contributed by atoms with Crippen molar-refractivity contribution in [3.05, 3.63) is 41.6 Å². The Morgan fingerprint density at radius 3 is 2.96 bits per heavy atom. The predicted molar refractivity (Wildman–Crippen MR) is 98.4 cm³/mol. The summed E-state index contributed by atoms with van der Waals surface area (Å²) >= 11 is 0. The molecule has 25 heavy (non-hydrogen) atoms. The maximum atomic E-state index is 13.0. The Kier molecular flexibility index (Phi) is 5.16. The molecule has 1 N–H and O–H groups in total. The van der Waals surface area contributed by atoms with Crippen molar-refractivity contribution in [3.63, 3.8) is 0 Å². The number of carbonyl (C=O) groups excluding carboxylic acids is 1. The summed E-state index contributed by atoms with van der Waals surface area (Å²) in [6.07, 6.45) is 3.50. The van der Waals surface area contributed by atoms with E-state index in [0.717, 1.165) is 24.2 Å². The molecule has 1 aromatic heterocycles. The lowest BCUT2D eigenvalue weighted by Gasteiger charge is -2.21. The van der Waals surface area contributed by atoms with Gasteiger partial charge in [-0.3, -0.25) is 9.69 Å². The summed E-state index contributed by atoms with van der Waals surface area (Å²) in [6.45, 7) is 7.33. The molecule has 2 aromatic rings. The third-order valence-electron chi connectivity index (χ3n) is 4.40. The molecule has 1 aliphatic rings. The summed E-state index contributed by atoms with van der Waals surface area (Å²) in [6, 6.07) is 7.65. The van der Waals surface area contributed by atoms with E-state index in [1.54, 1.807) is 17.2 Å². The van der Waals surface area contributed by atoms with Crippen LogP contribution < -0.4 is 15.0 Å². The molecule has 0 aliphatic carbocycles. The average molecular weight is 340 g/mol. The van der Waals surface area contributed by atoms with Crippen molar-refractivity contribution < 1.29 is 9.53 Å². The van der Waals surface area contributed by atoms with E-state index in [0.29, 0.717) is 30.5 Å². The molecular formula is C19H24N4O2. The van der Waals surface area contributed by atoms with Crippen molar-refractivity contribution in [2.75, 3.05) is 23.4 Å². The van der Waals surface area contributed by atoms with Crippen molar-refractivity contribution in [2.45, 2.75) is 39.7 Å². The number of aromatic nitrogens is 2. The minimum absolute atomic E-state index is 0.0645. The first-order chi connectivity index (χ1) is 12.1. The van der Waals surface area contributed by atoms with Crippen LogP contribution in [0.3, 0.4) is 0 Å². The van der Waals surface area contributed by atoms with Crippen LogP contribution in [0, 0.1) is 0 Å². The van der Waals surface area contributed by atoms with Crippen LogP contribution in [0.2, 0.25) is 0 Å². The summed E-state index contributed by atoms with van der Waals surface area (Å²) in [5.74, 6) is 1.96. The van der Waals surface area contributed by atoms with Gasteiger partial charge in [-0.1, -0.05) is 6.92 Å². The third-order valence-corrected chi connectivity index (χ3v) is 4.40. The van der Waals surface area contributed by atoms with Gasteiger partial charge in [0.15, 0.2) is 0 Å². The molecule has 6 heteroatoms. The van der Waals surface area contributed by atoms with Crippen LogP contribution in [0.25, 0.3) is 0 Å². The largest absolute Gasteiger partial charge is 0.493 e. The van der Waals surface area contributed by atoms with E-state index in [9.17, 15) is 4.79 Å². The van der Waals surface area contributed by atoms with Gasteiger partial charge < -0.3 is 10.1 Å². The van der Waals surface area contributed by atoms with E-state index < -0.39 is 0 Å². The number of hydrogen-bond acceptors (Lipinski definition) is 5. The fourth-order valence-electron chi connectivity index (χ4n) is 2.78. The smallest absolute Gasteiger partial charge is 0.259 e. The lowest BCUT2D eigenvalue weighted by atomic mass is 10.1. The van der Waals surface area contributed by atoms with Gasteiger partial charge in [-0.25, -0.2) is 4.98 Å². The highest BCUT2D eigenvalue weighted by Gasteiger charge is 2.21. The summed E-state index contributed by atoms with van der Waals surface area (Å²) in [7, 11) is 0. The number of amides is 1. The number of benzene rings is 1. The first-order valence-electron chi connectivity index (χ1n) is 8.79. The molecular weight excluding hydrogens is 316 g/mol. The van der Waals surface area contributed by atoms with Crippen LogP contribution in [0.1, 0.15) is 43.1 Å². The Balaban J connectivity index is 1.84. The summed E-state index contributed by atoms with van der Waals surface area (Å²) in [5.41, 5.74) is 1.74. The van der Waals surface area contributed by atoms with Crippen molar-refractivity contribution >= 4 is 17.7 Å². The Morgan fingerprint density at radius 2 is 2.20 bits per heavy atom. The van der Waals surface area contributed by atoms with Crippen LogP contribution in [-0.4, -0.2) is 35.1 Å². The number of ether oxygens (including phenoxy) is 1. The Bertz CT molecular complexity index is 763. The number of carbonyl (C=O) groups is 1. The van der Waals surface area contributed by atoms with Crippen LogP contribution in [0.5, 0.6) is 5.75 Å². The molecule has 1 aromatic carbocycles. The van der Waals surface area contributed by atoms with E-state index in [2.05, 4.69) is 29.1 Å². The average Bonchev–Trinajstić information content (AvgIpc) is 3.10. The first kappa shape index (κ1) is 17.2. The van der Waals surface area contributed by atoms with Crippen molar-refractivity contribution in [1.82, 2.24) is 9.97 Å². The normalized spacial score (nSPS) is 13.7.